The molecule has 2 N–H and O–H groups in total. The number of methoxy groups -OCH3 is 1. The van der Waals surface area contributed by atoms with Crippen LogP contribution in [0.15, 0.2) is 24.3 Å². The third-order valence-electron chi connectivity index (χ3n) is 3.46. The number of rotatable bonds is 5. The van der Waals surface area contributed by atoms with Crippen LogP contribution in [0.25, 0.3) is 0 Å². The quantitative estimate of drug-likeness (QED) is 0.732. The summed E-state index contributed by atoms with van der Waals surface area (Å²) in [6, 6.07) is 7.61. The molecule has 1 saturated heterocycles. The Balaban J connectivity index is 0.00000200. The van der Waals surface area contributed by atoms with Crippen LogP contribution in [0.3, 0.4) is 0 Å². The van der Waals surface area contributed by atoms with Gasteiger partial charge in [-0.25, -0.2) is 0 Å². The highest BCUT2D eigenvalue weighted by atomic mass is 127. The Bertz CT molecular complexity index is 451. The zero-order valence-electron chi connectivity index (χ0n) is 11.4. The molecule has 0 aromatic heterocycles. The predicted molar refractivity (Wildman–Crippen MR) is 90.6 cm³/mol. The molecule has 1 unspecified atom stereocenters. The lowest BCUT2D eigenvalue weighted by Crippen LogP contribution is -2.53. The van der Waals surface area contributed by atoms with Gasteiger partial charge in [0.1, 0.15) is 0 Å². The van der Waals surface area contributed by atoms with E-state index in [2.05, 4.69) is 33.2 Å². The zero-order chi connectivity index (χ0) is 13.7. The van der Waals surface area contributed by atoms with Crippen molar-refractivity contribution in [1.29, 1.82) is 0 Å². The molecule has 1 aliphatic heterocycles. The first-order chi connectivity index (χ1) is 9.17. The van der Waals surface area contributed by atoms with Crippen LogP contribution in [-0.4, -0.2) is 38.3 Å². The van der Waals surface area contributed by atoms with E-state index in [1.807, 2.05) is 24.3 Å². The Morgan fingerprint density at radius 3 is 2.85 bits per heavy atom. The van der Waals surface area contributed by atoms with Gasteiger partial charge in [0.05, 0.1) is 17.7 Å². The van der Waals surface area contributed by atoms with Crippen molar-refractivity contribution in [2.45, 2.75) is 18.4 Å². The number of amides is 1. The highest BCUT2D eigenvalue weighted by Gasteiger charge is 2.33. The molecule has 2 rings (SSSR count). The number of hydrogen-bond acceptors (Lipinski definition) is 3. The van der Waals surface area contributed by atoms with Crippen LogP contribution in [0.2, 0.25) is 0 Å². The second kappa shape index (κ2) is 8.17. The fraction of sp³-hybridized carbons (Fsp3) is 0.500. The highest BCUT2D eigenvalue weighted by molar-refractivity contribution is 14.1. The molecule has 0 saturated carbocycles. The van der Waals surface area contributed by atoms with Gasteiger partial charge in [-0.15, -0.1) is 12.4 Å². The molecule has 1 atom stereocenters. The summed E-state index contributed by atoms with van der Waals surface area (Å²) < 4.78 is 6.25. The average Bonchev–Trinajstić information content (AvgIpc) is 2.86. The summed E-state index contributed by atoms with van der Waals surface area (Å²) in [5.74, 6) is -0.0193. The maximum Gasteiger partial charge on any atom is 0.252 e. The van der Waals surface area contributed by atoms with Crippen molar-refractivity contribution in [3.63, 3.8) is 0 Å². The number of hydrogen-bond donors (Lipinski definition) is 2. The fourth-order valence-electron chi connectivity index (χ4n) is 2.46. The van der Waals surface area contributed by atoms with Gasteiger partial charge in [0.25, 0.3) is 5.91 Å². The van der Waals surface area contributed by atoms with Crippen molar-refractivity contribution in [2.75, 3.05) is 26.8 Å². The summed E-state index contributed by atoms with van der Waals surface area (Å²) in [7, 11) is 1.70. The van der Waals surface area contributed by atoms with Crippen LogP contribution in [0.1, 0.15) is 23.2 Å². The van der Waals surface area contributed by atoms with E-state index in [0.29, 0.717) is 13.2 Å². The number of carbonyl (C=O) groups is 1. The largest absolute Gasteiger partial charge is 0.383 e. The van der Waals surface area contributed by atoms with Gasteiger partial charge in [-0.2, -0.15) is 0 Å². The van der Waals surface area contributed by atoms with E-state index in [1.54, 1.807) is 7.11 Å². The summed E-state index contributed by atoms with van der Waals surface area (Å²) >= 11 is 2.18. The Morgan fingerprint density at radius 1 is 1.50 bits per heavy atom. The lowest BCUT2D eigenvalue weighted by molar-refractivity contribution is 0.0891. The predicted octanol–water partition coefficient (Wildman–Crippen LogP) is 2.21. The minimum absolute atomic E-state index is 0. The summed E-state index contributed by atoms with van der Waals surface area (Å²) in [6.07, 6.45) is 2.16. The van der Waals surface area contributed by atoms with Gasteiger partial charge in [0.15, 0.2) is 0 Å². The van der Waals surface area contributed by atoms with E-state index in [9.17, 15) is 4.79 Å². The minimum Gasteiger partial charge on any atom is -0.383 e. The van der Waals surface area contributed by atoms with E-state index in [1.165, 1.54) is 0 Å². The van der Waals surface area contributed by atoms with Gasteiger partial charge in [-0.1, -0.05) is 12.1 Å². The lowest BCUT2D eigenvalue weighted by atomic mass is 9.98. The Labute approximate surface area is 139 Å². The smallest absolute Gasteiger partial charge is 0.252 e. The van der Waals surface area contributed by atoms with E-state index in [-0.39, 0.29) is 23.9 Å². The molecule has 0 spiro atoms. The van der Waals surface area contributed by atoms with Crippen molar-refractivity contribution in [3.8, 4) is 0 Å². The summed E-state index contributed by atoms with van der Waals surface area (Å²) in [5, 5.41) is 6.47. The van der Waals surface area contributed by atoms with Crippen molar-refractivity contribution >= 4 is 40.9 Å². The van der Waals surface area contributed by atoms with E-state index >= 15 is 0 Å². The number of benzene rings is 1. The molecule has 0 aliphatic carbocycles. The third-order valence-corrected chi connectivity index (χ3v) is 4.40. The van der Waals surface area contributed by atoms with Gasteiger partial charge in [-0.05, 0) is 54.1 Å². The molecule has 0 radical (unpaired) electrons. The van der Waals surface area contributed by atoms with E-state index in [4.69, 9.17) is 4.74 Å². The average molecular weight is 411 g/mol. The van der Waals surface area contributed by atoms with Gasteiger partial charge >= 0.3 is 0 Å². The van der Waals surface area contributed by atoms with Crippen molar-refractivity contribution in [3.05, 3.63) is 33.4 Å². The fourth-order valence-corrected chi connectivity index (χ4v) is 3.09. The molecule has 0 bridgehead atoms. The van der Waals surface area contributed by atoms with Crippen LogP contribution >= 0.6 is 35.0 Å². The van der Waals surface area contributed by atoms with Crippen molar-refractivity contribution < 1.29 is 9.53 Å². The maximum absolute atomic E-state index is 12.2. The molecule has 1 aliphatic rings. The second-order valence-electron chi connectivity index (χ2n) is 4.91. The number of halogens is 2. The molecular formula is C14H20ClIN2O2. The molecule has 1 aromatic carbocycles. The maximum atomic E-state index is 12.2. The first kappa shape index (κ1) is 17.7. The lowest BCUT2D eigenvalue weighted by Gasteiger charge is -2.29. The summed E-state index contributed by atoms with van der Waals surface area (Å²) in [6.45, 7) is 2.21. The second-order valence-corrected chi connectivity index (χ2v) is 6.07. The zero-order valence-corrected chi connectivity index (χ0v) is 14.4. The summed E-state index contributed by atoms with van der Waals surface area (Å²) in [4.78, 5) is 12.2. The number of carbonyl (C=O) groups excluding carboxylic acids is 1. The summed E-state index contributed by atoms with van der Waals surface area (Å²) in [5.41, 5.74) is 0.624. The molecular weight excluding hydrogens is 391 g/mol. The molecule has 1 amide bonds. The highest BCUT2D eigenvalue weighted by Crippen LogP contribution is 2.19. The Hall–Kier alpha value is -0.370. The molecule has 1 aromatic rings. The van der Waals surface area contributed by atoms with Crippen LogP contribution in [-0.2, 0) is 4.74 Å². The minimum atomic E-state index is -0.107. The molecule has 6 heteroatoms. The molecule has 20 heavy (non-hydrogen) atoms. The van der Waals surface area contributed by atoms with Gasteiger partial charge in [0, 0.05) is 17.2 Å². The molecule has 112 valence electrons. The van der Waals surface area contributed by atoms with E-state index in [0.717, 1.165) is 28.5 Å². The molecule has 1 fully saturated rings. The van der Waals surface area contributed by atoms with Crippen molar-refractivity contribution in [1.82, 2.24) is 10.6 Å². The SMILES string of the molecule is COCC1(CNC(=O)c2ccccc2I)CCCN1.Cl. The number of ether oxygens (including phenoxy) is 1. The monoisotopic (exact) mass is 410 g/mol. The third kappa shape index (κ3) is 4.31. The molecule has 1 heterocycles. The van der Waals surface area contributed by atoms with Crippen molar-refractivity contribution in [2.24, 2.45) is 0 Å². The van der Waals surface area contributed by atoms with Crippen LogP contribution < -0.4 is 10.6 Å². The van der Waals surface area contributed by atoms with Gasteiger partial charge in [-0.3, -0.25) is 4.79 Å². The Morgan fingerprint density at radius 2 is 2.25 bits per heavy atom. The standard InChI is InChI=1S/C14H19IN2O2.ClH/c1-19-10-14(7-4-8-17-14)9-16-13(18)11-5-2-3-6-12(11)15;/h2-3,5-6,17H,4,7-10H2,1H3,(H,16,18);1H. The van der Waals surface area contributed by atoms with Gasteiger partial charge in [0.2, 0.25) is 0 Å². The topological polar surface area (TPSA) is 50.4 Å². The van der Waals surface area contributed by atoms with Crippen LogP contribution in [0, 0.1) is 3.57 Å². The van der Waals surface area contributed by atoms with Gasteiger partial charge < -0.3 is 15.4 Å². The number of nitrogens with one attached hydrogen (secondary N) is 2. The first-order valence-electron chi connectivity index (χ1n) is 6.44. The first-order valence-corrected chi connectivity index (χ1v) is 7.51. The van der Waals surface area contributed by atoms with Crippen LogP contribution in [0.4, 0.5) is 0 Å². The van der Waals surface area contributed by atoms with E-state index < -0.39 is 0 Å². The normalized spacial score (nSPS) is 21.3. The molecule has 4 nitrogen and oxygen atoms in total. The Kier molecular flexibility index (Phi) is 7.22. The van der Waals surface area contributed by atoms with Crippen LogP contribution in [0.5, 0.6) is 0 Å².